The molecule has 0 aliphatic heterocycles. The standard InChI is InChI=1S/C10H14N2O2/c1-4-14-12-10(13)9-6-5-7(2)11-8(9)3/h5-6H,4H2,1-3H3,(H,12,13). The summed E-state index contributed by atoms with van der Waals surface area (Å²) in [6.45, 7) is 5.94. The minimum absolute atomic E-state index is 0.253. The van der Waals surface area contributed by atoms with Crippen LogP contribution in [0.2, 0.25) is 0 Å². The van der Waals surface area contributed by atoms with Gasteiger partial charge in [0, 0.05) is 5.69 Å². The number of hydrogen-bond donors (Lipinski definition) is 1. The van der Waals surface area contributed by atoms with Crippen LogP contribution in [0.3, 0.4) is 0 Å². The van der Waals surface area contributed by atoms with Gasteiger partial charge in [-0.3, -0.25) is 14.6 Å². The van der Waals surface area contributed by atoms with Crippen LogP contribution in [0, 0.1) is 13.8 Å². The molecule has 0 spiro atoms. The molecule has 0 saturated carbocycles. The molecule has 0 saturated heterocycles. The number of aromatic nitrogens is 1. The molecule has 0 aliphatic carbocycles. The molecule has 4 nitrogen and oxygen atoms in total. The van der Waals surface area contributed by atoms with Gasteiger partial charge in [-0.2, -0.15) is 0 Å². The maximum atomic E-state index is 11.5. The number of aryl methyl sites for hydroxylation is 2. The summed E-state index contributed by atoms with van der Waals surface area (Å²) in [6.07, 6.45) is 0. The van der Waals surface area contributed by atoms with Gasteiger partial charge in [0.2, 0.25) is 0 Å². The Labute approximate surface area is 83.3 Å². The van der Waals surface area contributed by atoms with E-state index < -0.39 is 0 Å². The number of amides is 1. The first-order valence-corrected chi connectivity index (χ1v) is 4.51. The molecule has 14 heavy (non-hydrogen) atoms. The highest BCUT2D eigenvalue weighted by Gasteiger charge is 2.08. The van der Waals surface area contributed by atoms with E-state index in [9.17, 15) is 4.79 Å². The molecule has 1 amide bonds. The van der Waals surface area contributed by atoms with E-state index in [2.05, 4.69) is 10.5 Å². The molecule has 0 unspecified atom stereocenters. The highest BCUT2D eigenvalue weighted by Crippen LogP contribution is 2.05. The van der Waals surface area contributed by atoms with E-state index >= 15 is 0 Å². The lowest BCUT2D eigenvalue weighted by atomic mass is 10.2. The molecule has 76 valence electrons. The van der Waals surface area contributed by atoms with Crippen LogP contribution in [-0.2, 0) is 4.84 Å². The van der Waals surface area contributed by atoms with Crippen molar-refractivity contribution in [3.8, 4) is 0 Å². The lowest BCUT2D eigenvalue weighted by Crippen LogP contribution is -2.24. The third kappa shape index (κ3) is 2.53. The molecule has 1 aromatic heterocycles. The predicted molar refractivity (Wildman–Crippen MR) is 52.8 cm³/mol. The van der Waals surface area contributed by atoms with Crippen molar-refractivity contribution >= 4 is 5.91 Å². The van der Waals surface area contributed by atoms with Crippen molar-refractivity contribution in [2.45, 2.75) is 20.8 Å². The number of pyridine rings is 1. The van der Waals surface area contributed by atoms with E-state index in [0.29, 0.717) is 17.9 Å². The molecule has 0 bridgehead atoms. The average molecular weight is 194 g/mol. The summed E-state index contributed by atoms with van der Waals surface area (Å²) >= 11 is 0. The third-order valence-electron chi connectivity index (χ3n) is 1.78. The number of nitrogens with one attached hydrogen (secondary N) is 1. The predicted octanol–water partition coefficient (Wildman–Crippen LogP) is 1.38. The van der Waals surface area contributed by atoms with Crippen LogP contribution in [0.25, 0.3) is 0 Å². The second kappa shape index (κ2) is 4.72. The molecule has 0 aromatic carbocycles. The molecular formula is C10H14N2O2. The molecule has 0 fully saturated rings. The Morgan fingerprint density at radius 2 is 2.21 bits per heavy atom. The van der Waals surface area contributed by atoms with E-state index in [0.717, 1.165) is 5.69 Å². The van der Waals surface area contributed by atoms with Gasteiger partial charge in [-0.15, -0.1) is 0 Å². The summed E-state index contributed by atoms with van der Waals surface area (Å²) in [5, 5.41) is 0. The van der Waals surface area contributed by atoms with Gasteiger partial charge in [-0.05, 0) is 32.9 Å². The zero-order valence-corrected chi connectivity index (χ0v) is 8.63. The van der Waals surface area contributed by atoms with Gasteiger partial charge in [0.15, 0.2) is 0 Å². The number of nitrogens with zero attached hydrogens (tertiary/aromatic N) is 1. The second-order valence-corrected chi connectivity index (χ2v) is 2.95. The summed E-state index contributed by atoms with van der Waals surface area (Å²) in [6, 6.07) is 3.54. The topological polar surface area (TPSA) is 51.2 Å². The summed E-state index contributed by atoms with van der Waals surface area (Å²) in [5.74, 6) is -0.253. The number of hydrogen-bond acceptors (Lipinski definition) is 3. The maximum absolute atomic E-state index is 11.5. The molecule has 0 radical (unpaired) electrons. The van der Waals surface area contributed by atoms with Crippen molar-refractivity contribution in [2.75, 3.05) is 6.61 Å². The van der Waals surface area contributed by atoms with Gasteiger partial charge < -0.3 is 0 Å². The summed E-state index contributed by atoms with van der Waals surface area (Å²) in [7, 11) is 0. The number of carbonyl (C=O) groups excluding carboxylic acids is 1. The summed E-state index contributed by atoms with van der Waals surface area (Å²) < 4.78 is 0. The van der Waals surface area contributed by atoms with E-state index in [1.165, 1.54) is 0 Å². The molecule has 1 aromatic rings. The van der Waals surface area contributed by atoms with Crippen LogP contribution in [0.4, 0.5) is 0 Å². The fourth-order valence-electron chi connectivity index (χ4n) is 1.12. The van der Waals surface area contributed by atoms with Crippen LogP contribution in [0.1, 0.15) is 28.7 Å². The van der Waals surface area contributed by atoms with Crippen LogP contribution in [0.15, 0.2) is 12.1 Å². The molecule has 0 aliphatic rings. The average Bonchev–Trinajstić information content (AvgIpc) is 2.14. The smallest absolute Gasteiger partial charge is 0.274 e. The minimum atomic E-state index is -0.253. The molecular weight excluding hydrogens is 180 g/mol. The Hall–Kier alpha value is -1.42. The van der Waals surface area contributed by atoms with Crippen LogP contribution in [0.5, 0.6) is 0 Å². The fourth-order valence-corrected chi connectivity index (χ4v) is 1.12. The monoisotopic (exact) mass is 194 g/mol. The van der Waals surface area contributed by atoms with E-state index in [1.807, 2.05) is 6.92 Å². The van der Waals surface area contributed by atoms with Crippen LogP contribution >= 0.6 is 0 Å². The van der Waals surface area contributed by atoms with Crippen molar-refractivity contribution in [3.05, 3.63) is 29.1 Å². The molecule has 4 heteroatoms. The highest BCUT2D eigenvalue weighted by molar-refractivity contribution is 5.94. The quantitative estimate of drug-likeness (QED) is 0.739. The van der Waals surface area contributed by atoms with Crippen molar-refractivity contribution in [2.24, 2.45) is 0 Å². The summed E-state index contributed by atoms with van der Waals surface area (Å²) in [5.41, 5.74) is 4.48. The Bertz CT molecular complexity index is 337. The largest absolute Gasteiger partial charge is 0.276 e. The van der Waals surface area contributed by atoms with Gasteiger partial charge in [-0.1, -0.05) is 0 Å². The third-order valence-corrected chi connectivity index (χ3v) is 1.78. The zero-order chi connectivity index (χ0) is 10.6. The van der Waals surface area contributed by atoms with Gasteiger partial charge in [0.1, 0.15) is 0 Å². The molecule has 1 rings (SSSR count). The van der Waals surface area contributed by atoms with Gasteiger partial charge in [-0.25, -0.2) is 5.48 Å². The minimum Gasteiger partial charge on any atom is -0.274 e. The lowest BCUT2D eigenvalue weighted by Gasteiger charge is -2.06. The van der Waals surface area contributed by atoms with Gasteiger partial charge in [0.25, 0.3) is 5.91 Å². The van der Waals surface area contributed by atoms with Crippen molar-refractivity contribution in [3.63, 3.8) is 0 Å². The van der Waals surface area contributed by atoms with E-state index in [-0.39, 0.29) is 5.91 Å². The van der Waals surface area contributed by atoms with E-state index in [4.69, 9.17) is 4.84 Å². The van der Waals surface area contributed by atoms with Gasteiger partial charge in [0.05, 0.1) is 17.9 Å². The van der Waals surface area contributed by atoms with Crippen molar-refractivity contribution in [1.82, 2.24) is 10.5 Å². The van der Waals surface area contributed by atoms with Gasteiger partial charge >= 0.3 is 0 Å². The maximum Gasteiger partial charge on any atom is 0.276 e. The highest BCUT2D eigenvalue weighted by atomic mass is 16.6. The molecule has 1 heterocycles. The Morgan fingerprint density at radius 1 is 1.50 bits per heavy atom. The fraction of sp³-hybridized carbons (Fsp3) is 0.400. The van der Waals surface area contributed by atoms with Crippen molar-refractivity contribution < 1.29 is 9.63 Å². The summed E-state index contributed by atoms with van der Waals surface area (Å²) in [4.78, 5) is 20.5. The SMILES string of the molecule is CCONC(=O)c1ccc(C)nc1C. The molecule has 0 atom stereocenters. The van der Waals surface area contributed by atoms with E-state index in [1.54, 1.807) is 26.0 Å². The first-order valence-electron chi connectivity index (χ1n) is 4.51. The number of rotatable bonds is 3. The Balaban J connectivity index is 2.80. The molecule has 1 N–H and O–H groups in total. The Morgan fingerprint density at radius 3 is 2.79 bits per heavy atom. The number of hydroxylamine groups is 1. The van der Waals surface area contributed by atoms with Crippen molar-refractivity contribution in [1.29, 1.82) is 0 Å². The first kappa shape index (κ1) is 10.7. The second-order valence-electron chi connectivity index (χ2n) is 2.95. The number of carbonyl (C=O) groups is 1. The first-order chi connectivity index (χ1) is 6.65. The Kier molecular flexibility index (Phi) is 3.59. The normalized spacial score (nSPS) is 9.93. The van der Waals surface area contributed by atoms with Crippen LogP contribution < -0.4 is 5.48 Å². The van der Waals surface area contributed by atoms with Crippen LogP contribution in [-0.4, -0.2) is 17.5 Å². The zero-order valence-electron chi connectivity index (χ0n) is 8.63. The lowest BCUT2D eigenvalue weighted by molar-refractivity contribution is 0.0363.